The molecule has 6 nitrogen and oxygen atoms in total. The molecule has 0 saturated heterocycles. The average molecular weight is 518 g/mol. The number of hydrogen-bond donors (Lipinski definition) is 1. The molecule has 0 radical (unpaired) electrons. The lowest BCUT2D eigenvalue weighted by Gasteiger charge is -2.16. The second-order valence-electron chi connectivity index (χ2n) is 7.50. The third-order valence-corrected chi connectivity index (χ3v) is 5.73. The number of benzene rings is 1. The topological polar surface area (TPSA) is 63.7 Å². The van der Waals surface area contributed by atoms with E-state index in [4.69, 9.17) is 0 Å². The van der Waals surface area contributed by atoms with Crippen LogP contribution in [0, 0.1) is 20.8 Å². The van der Waals surface area contributed by atoms with E-state index in [1.165, 1.54) is 22.9 Å². The fourth-order valence-electron chi connectivity index (χ4n) is 3.82. The van der Waals surface area contributed by atoms with Crippen LogP contribution in [0.4, 0.5) is 13.2 Å². The number of nitrogens with zero attached hydrogens (tertiary/aromatic N) is 4. The number of carbonyl (C=O) groups excluding carboxylic acids is 1. The molecule has 0 spiro atoms. The van der Waals surface area contributed by atoms with Gasteiger partial charge in [-0.15, -0.1) is 0 Å². The Morgan fingerprint density at radius 2 is 1.88 bits per heavy atom. The first kappa shape index (κ1) is 22.8. The molecule has 4 aromatic rings. The first-order valence-electron chi connectivity index (χ1n) is 9.91. The molecule has 3 heterocycles. The largest absolute Gasteiger partial charge is 0.418 e. The predicted molar refractivity (Wildman–Crippen MR) is 123 cm³/mol. The summed E-state index contributed by atoms with van der Waals surface area (Å²) in [5.74, 6) is -0.453. The van der Waals surface area contributed by atoms with Crippen LogP contribution in [0.15, 0.2) is 58.2 Å². The van der Waals surface area contributed by atoms with Gasteiger partial charge in [0.1, 0.15) is 11.3 Å². The van der Waals surface area contributed by atoms with Crippen molar-refractivity contribution >= 4 is 33.7 Å². The highest BCUT2D eigenvalue weighted by Gasteiger charge is 2.34. The zero-order valence-electron chi connectivity index (χ0n) is 17.9. The molecular weight excluding hydrogens is 499 g/mol. The Morgan fingerprint density at radius 3 is 2.61 bits per heavy atom. The molecule has 0 saturated carbocycles. The summed E-state index contributed by atoms with van der Waals surface area (Å²) < 4.78 is 44.5. The van der Waals surface area contributed by atoms with Crippen LogP contribution in [0.5, 0.6) is 0 Å². The number of hydrazone groups is 1. The summed E-state index contributed by atoms with van der Waals surface area (Å²) in [5.41, 5.74) is 5.07. The van der Waals surface area contributed by atoms with Crippen molar-refractivity contribution in [2.75, 3.05) is 0 Å². The lowest BCUT2D eigenvalue weighted by atomic mass is 10.1. The maximum atomic E-state index is 13.5. The molecule has 1 aromatic carbocycles. The predicted octanol–water partition coefficient (Wildman–Crippen LogP) is 5.60. The Balaban J connectivity index is 1.62. The fraction of sp³-hybridized carbons (Fsp3) is 0.174. The first-order valence-corrected chi connectivity index (χ1v) is 10.7. The molecule has 1 N–H and O–H groups in total. The molecule has 3 aromatic heterocycles. The Labute approximate surface area is 195 Å². The quantitative estimate of drug-likeness (QED) is 0.283. The molecule has 0 aliphatic rings. The molecule has 1 amide bonds. The number of amides is 1. The Hall–Kier alpha value is -3.40. The SMILES string of the molecule is Cc1nc2ccc(Br)cn2c1C(=O)N/N=C\c1cc(C)n(-c2ccccc2C(F)(F)F)c1C. The van der Waals surface area contributed by atoms with E-state index in [1.54, 1.807) is 49.6 Å². The number of fused-ring (bicyclic) bond motifs is 1. The van der Waals surface area contributed by atoms with Crippen molar-refractivity contribution in [2.24, 2.45) is 5.10 Å². The Morgan fingerprint density at radius 1 is 1.15 bits per heavy atom. The number of imidazole rings is 1. The van der Waals surface area contributed by atoms with Crippen LogP contribution in [0.1, 0.15) is 38.7 Å². The highest BCUT2D eigenvalue weighted by Crippen LogP contribution is 2.35. The van der Waals surface area contributed by atoms with Crippen molar-refractivity contribution in [3.05, 3.63) is 87.0 Å². The molecule has 170 valence electrons. The molecule has 33 heavy (non-hydrogen) atoms. The van der Waals surface area contributed by atoms with Crippen LogP contribution in [0.25, 0.3) is 11.3 Å². The van der Waals surface area contributed by atoms with E-state index in [1.807, 2.05) is 6.07 Å². The highest BCUT2D eigenvalue weighted by molar-refractivity contribution is 9.10. The van der Waals surface area contributed by atoms with Gasteiger partial charge in [-0.3, -0.25) is 9.20 Å². The highest BCUT2D eigenvalue weighted by atomic mass is 79.9. The lowest BCUT2D eigenvalue weighted by molar-refractivity contribution is -0.137. The Bertz CT molecular complexity index is 1400. The van der Waals surface area contributed by atoms with Crippen LogP contribution >= 0.6 is 15.9 Å². The number of aryl methyl sites for hydroxylation is 2. The minimum atomic E-state index is -4.48. The van der Waals surface area contributed by atoms with E-state index in [9.17, 15) is 18.0 Å². The van der Waals surface area contributed by atoms with Crippen LogP contribution in [-0.2, 0) is 6.18 Å². The van der Waals surface area contributed by atoms with Gasteiger partial charge in [0.05, 0.1) is 23.2 Å². The fourth-order valence-corrected chi connectivity index (χ4v) is 4.16. The normalized spacial score (nSPS) is 12.1. The molecule has 4 rings (SSSR count). The molecule has 0 aliphatic heterocycles. The van der Waals surface area contributed by atoms with Crippen molar-refractivity contribution in [3.63, 3.8) is 0 Å². The summed E-state index contributed by atoms with van der Waals surface area (Å²) in [4.78, 5) is 17.1. The number of carbonyl (C=O) groups is 1. The van der Waals surface area contributed by atoms with Gasteiger partial charge in [0.15, 0.2) is 0 Å². The number of pyridine rings is 1. The van der Waals surface area contributed by atoms with E-state index >= 15 is 0 Å². The molecule has 0 bridgehead atoms. The minimum Gasteiger partial charge on any atom is -0.317 e. The van der Waals surface area contributed by atoms with Gasteiger partial charge >= 0.3 is 6.18 Å². The molecular formula is C23H19BrF3N5O. The number of hydrogen-bond acceptors (Lipinski definition) is 3. The number of nitrogens with one attached hydrogen (secondary N) is 1. The number of alkyl halides is 3. The van der Waals surface area contributed by atoms with Gasteiger partial charge in [-0.2, -0.15) is 18.3 Å². The molecule has 0 unspecified atom stereocenters. The number of halogens is 4. The smallest absolute Gasteiger partial charge is 0.317 e. The van der Waals surface area contributed by atoms with Gasteiger partial charge in [0, 0.05) is 27.6 Å². The molecule has 0 atom stereocenters. The van der Waals surface area contributed by atoms with Crippen LogP contribution < -0.4 is 5.43 Å². The summed E-state index contributed by atoms with van der Waals surface area (Å²) in [5, 5.41) is 4.04. The third kappa shape index (κ3) is 4.30. The summed E-state index contributed by atoms with van der Waals surface area (Å²) in [6.45, 7) is 5.15. The monoisotopic (exact) mass is 517 g/mol. The summed E-state index contributed by atoms with van der Waals surface area (Å²) >= 11 is 3.38. The maximum absolute atomic E-state index is 13.5. The van der Waals surface area contributed by atoms with Crippen molar-refractivity contribution in [3.8, 4) is 5.69 Å². The third-order valence-electron chi connectivity index (χ3n) is 5.26. The zero-order chi connectivity index (χ0) is 23.9. The van der Waals surface area contributed by atoms with Crippen molar-refractivity contribution < 1.29 is 18.0 Å². The van der Waals surface area contributed by atoms with Gasteiger partial charge in [0.2, 0.25) is 0 Å². The van der Waals surface area contributed by atoms with Gasteiger partial charge in [-0.05, 0) is 67.0 Å². The van der Waals surface area contributed by atoms with Crippen molar-refractivity contribution in [2.45, 2.75) is 26.9 Å². The van der Waals surface area contributed by atoms with Gasteiger partial charge < -0.3 is 4.57 Å². The molecule has 0 fully saturated rings. The van der Waals surface area contributed by atoms with Crippen LogP contribution in [0.3, 0.4) is 0 Å². The van der Waals surface area contributed by atoms with Gasteiger partial charge in [-0.25, -0.2) is 10.4 Å². The summed E-state index contributed by atoms with van der Waals surface area (Å²) in [6.07, 6.45) is -1.33. The van der Waals surface area contributed by atoms with Crippen molar-refractivity contribution in [1.29, 1.82) is 0 Å². The van der Waals surface area contributed by atoms with E-state index < -0.39 is 17.6 Å². The van der Waals surface area contributed by atoms with Crippen LogP contribution in [0.2, 0.25) is 0 Å². The summed E-state index contributed by atoms with van der Waals surface area (Å²) in [7, 11) is 0. The minimum absolute atomic E-state index is 0.0376. The lowest BCUT2D eigenvalue weighted by Crippen LogP contribution is -2.20. The molecule has 10 heteroatoms. The van der Waals surface area contributed by atoms with E-state index in [-0.39, 0.29) is 5.69 Å². The Kier molecular flexibility index (Phi) is 5.87. The number of aromatic nitrogens is 3. The van der Waals surface area contributed by atoms with Crippen molar-refractivity contribution in [1.82, 2.24) is 19.4 Å². The number of para-hydroxylation sites is 1. The number of rotatable bonds is 4. The average Bonchev–Trinajstić information content (AvgIpc) is 3.21. The van der Waals surface area contributed by atoms with E-state index in [0.29, 0.717) is 34.0 Å². The standard InChI is InChI=1S/C23H19BrF3N5O/c1-13-10-16(15(3)32(13)19-7-5-4-6-18(19)23(25,26)27)11-28-30-22(33)21-14(2)29-20-9-8-17(24)12-31(20)21/h4-12H,1-3H3,(H,30,33)/b28-11-. The zero-order valence-corrected chi connectivity index (χ0v) is 19.5. The van der Waals surface area contributed by atoms with Gasteiger partial charge in [0.25, 0.3) is 5.91 Å². The van der Waals surface area contributed by atoms with E-state index in [2.05, 4.69) is 31.4 Å². The maximum Gasteiger partial charge on any atom is 0.418 e. The van der Waals surface area contributed by atoms with E-state index in [0.717, 1.165) is 10.5 Å². The first-order chi connectivity index (χ1) is 15.6. The second-order valence-corrected chi connectivity index (χ2v) is 8.41. The molecule has 0 aliphatic carbocycles. The second kappa shape index (κ2) is 8.51. The van der Waals surface area contributed by atoms with Gasteiger partial charge in [-0.1, -0.05) is 12.1 Å². The van der Waals surface area contributed by atoms with Crippen LogP contribution in [-0.4, -0.2) is 26.1 Å². The summed E-state index contributed by atoms with van der Waals surface area (Å²) in [6, 6.07) is 10.7.